The molecule has 2 aromatic rings. The summed E-state index contributed by atoms with van der Waals surface area (Å²) >= 11 is 4.18. The van der Waals surface area contributed by atoms with E-state index in [9.17, 15) is 0 Å². The molecule has 0 N–H and O–H groups in total. The molecule has 1 atom stereocenters. The van der Waals surface area contributed by atoms with E-state index in [0.29, 0.717) is 5.92 Å². The molecule has 0 spiro atoms. The summed E-state index contributed by atoms with van der Waals surface area (Å²) in [6, 6.07) is 12.5. The van der Waals surface area contributed by atoms with Crippen LogP contribution in [0, 0.1) is 0 Å². The Hall–Kier alpha value is -1.70. The fourth-order valence-corrected chi connectivity index (χ4v) is 7.42. The molecule has 3 rings (SSSR count). The van der Waals surface area contributed by atoms with E-state index in [0.717, 1.165) is 48.9 Å². The number of aryl methyl sites for hydroxylation is 1. The lowest BCUT2D eigenvalue weighted by atomic mass is 9.99. The molecule has 1 aliphatic rings. The molecule has 188 valence electrons. The van der Waals surface area contributed by atoms with Crippen molar-refractivity contribution in [1.29, 1.82) is 0 Å². The van der Waals surface area contributed by atoms with E-state index >= 15 is 0 Å². The normalized spacial score (nSPS) is 16.2. The molecule has 1 heterocycles. The molecule has 0 aliphatic carbocycles. The van der Waals surface area contributed by atoms with Crippen molar-refractivity contribution in [2.75, 3.05) is 53.0 Å². The molecule has 1 aliphatic heterocycles. The van der Waals surface area contributed by atoms with E-state index in [1.807, 2.05) is 12.1 Å². The molecule has 1 fully saturated rings. The lowest BCUT2D eigenvalue weighted by Crippen LogP contribution is -2.45. The summed E-state index contributed by atoms with van der Waals surface area (Å²) < 4.78 is 22.0. The van der Waals surface area contributed by atoms with Crippen molar-refractivity contribution >= 4 is 23.5 Å². The summed E-state index contributed by atoms with van der Waals surface area (Å²) in [7, 11) is 6.75. The van der Waals surface area contributed by atoms with Crippen molar-refractivity contribution in [3.8, 4) is 23.0 Å². The fraction of sp³-hybridized carbons (Fsp3) is 0.556. The Morgan fingerprint density at radius 3 is 2.06 bits per heavy atom. The maximum absolute atomic E-state index is 5.55. The maximum atomic E-state index is 5.55. The highest BCUT2D eigenvalue weighted by atomic mass is 32.2. The van der Waals surface area contributed by atoms with Crippen LogP contribution in [-0.4, -0.2) is 62.1 Å². The zero-order valence-electron chi connectivity index (χ0n) is 21.4. The van der Waals surface area contributed by atoms with Crippen molar-refractivity contribution in [2.45, 2.75) is 43.2 Å². The van der Waals surface area contributed by atoms with Gasteiger partial charge in [0, 0.05) is 13.1 Å². The number of ether oxygens (including phenoxy) is 4. The van der Waals surface area contributed by atoms with E-state index in [1.54, 1.807) is 28.4 Å². The van der Waals surface area contributed by atoms with Crippen LogP contribution in [0.15, 0.2) is 36.4 Å². The Labute approximate surface area is 213 Å². The Bertz CT molecular complexity index is 917. The molecule has 2 aromatic carbocycles. The Morgan fingerprint density at radius 1 is 0.853 bits per heavy atom. The number of hydrogen-bond acceptors (Lipinski definition) is 7. The third-order valence-corrected chi connectivity index (χ3v) is 9.70. The van der Waals surface area contributed by atoms with Gasteiger partial charge in [-0.05, 0) is 79.0 Å². The number of methoxy groups -OCH3 is 4. The first-order chi connectivity index (χ1) is 16.4. The van der Waals surface area contributed by atoms with Gasteiger partial charge in [0.1, 0.15) is 4.20 Å². The summed E-state index contributed by atoms with van der Waals surface area (Å²) in [5.74, 6) is 5.96. The zero-order valence-corrected chi connectivity index (χ0v) is 23.0. The Balaban J connectivity index is 1.71. The van der Waals surface area contributed by atoms with Crippen LogP contribution >= 0.6 is 23.5 Å². The smallest absolute Gasteiger partial charge is 0.160 e. The van der Waals surface area contributed by atoms with Gasteiger partial charge in [0.05, 0.1) is 28.4 Å². The van der Waals surface area contributed by atoms with E-state index in [4.69, 9.17) is 18.9 Å². The average molecular weight is 506 g/mol. The minimum absolute atomic E-state index is 0.0979. The van der Waals surface area contributed by atoms with Gasteiger partial charge < -0.3 is 18.9 Å². The van der Waals surface area contributed by atoms with Gasteiger partial charge in [0.25, 0.3) is 0 Å². The summed E-state index contributed by atoms with van der Waals surface area (Å²) in [5, 5.41) is 0. The summed E-state index contributed by atoms with van der Waals surface area (Å²) in [5.41, 5.74) is 2.55. The van der Waals surface area contributed by atoms with Crippen LogP contribution in [-0.2, 0) is 6.42 Å². The predicted octanol–water partition coefficient (Wildman–Crippen LogP) is 6.30. The van der Waals surface area contributed by atoms with Gasteiger partial charge in [0.15, 0.2) is 23.0 Å². The largest absolute Gasteiger partial charge is 0.493 e. The van der Waals surface area contributed by atoms with Crippen LogP contribution < -0.4 is 18.9 Å². The molecule has 5 nitrogen and oxygen atoms in total. The number of thioether (sulfide) groups is 2. The van der Waals surface area contributed by atoms with Gasteiger partial charge in [-0.1, -0.05) is 19.1 Å². The van der Waals surface area contributed by atoms with Gasteiger partial charge in [-0.15, -0.1) is 23.5 Å². The van der Waals surface area contributed by atoms with Crippen LogP contribution in [0.3, 0.4) is 0 Å². The third-order valence-electron chi connectivity index (χ3n) is 6.42. The molecule has 0 amide bonds. The van der Waals surface area contributed by atoms with Crippen molar-refractivity contribution < 1.29 is 18.9 Å². The monoisotopic (exact) mass is 505 g/mol. The van der Waals surface area contributed by atoms with E-state index in [-0.39, 0.29) is 4.20 Å². The topological polar surface area (TPSA) is 40.2 Å². The lowest BCUT2D eigenvalue weighted by Gasteiger charge is -2.44. The van der Waals surface area contributed by atoms with Gasteiger partial charge in [-0.2, -0.15) is 0 Å². The summed E-state index contributed by atoms with van der Waals surface area (Å²) in [6.45, 7) is 6.75. The summed E-state index contributed by atoms with van der Waals surface area (Å²) in [4.78, 5) is 2.68. The molecule has 34 heavy (non-hydrogen) atoms. The van der Waals surface area contributed by atoms with Gasteiger partial charge >= 0.3 is 0 Å². The van der Waals surface area contributed by atoms with E-state index in [1.165, 1.54) is 29.1 Å². The Kier molecular flexibility index (Phi) is 10.2. The minimum atomic E-state index is 0.0979. The fourth-order valence-electron chi connectivity index (χ4n) is 4.37. The first-order valence-electron chi connectivity index (χ1n) is 11.9. The van der Waals surface area contributed by atoms with Crippen LogP contribution in [0.25, 0.3) is 0 Å². The quantitative estimate of drug-likeness (QED) is 0.335. The van der Waals surface area contributed by atoms with Crippen LogP contribution in [0.2, 0.25) is 0 Å². The SMILES string of the molecule is COc1ccc(CCCN(CC(C)c2ccc(OC)c(OC)c2)C2(C)SCCCS2)cc1OC. The molecule has 0 bridgehead atoms. The molecule has 0 saturated carbocycles. The number of benzene rings is 2. The highest BCUT2D eigenvalue weighted by molar-refractivity contribution is 8.18. The van der Waals surface area contributed by atoms with Crippen molar-refractivity contribution in [1.82, 2.24) is 4.90 Å². The highest BCUT2D eigenvalue weighted by Crippen LogP contribution is 2.45. The molecule has 1 unspecified atom stereocenters. The van der Waals surface area contributed by atoms with Crippen LogP contribution in [0.4, 0.5) is 0 Å². The second kappa shape index (κ2) is 12.8. The number of nitrogens with zero attached hydrogens (tertiary/aromatic N) is 1. The molecule has 1 saturated heterocycles. The second-order valence-corrected chi connectivity index (χ2v) is 11.9. The minimum Gasteiger partial charge on any atom is -0.493 e. The highest BCUT2D eigenvalue weighted by Gasteiger charge is 2.35. The van der Waals surface area contributed by atoms with Crippen molar-refractivity contribution in [2.24, 2.45) is 0 Å². The Morgan fingerprint density at radius 2 is 1.44 bits per heavy atom. The van der Waals surface area contributed by atoms with Crippen molar-refractivity contribution in [3.05, 3.63) is 47.5 Å². The molecular formula is C27H39NO4S2. The van der Waals surface area contributed by atoms with Crippen molar-refractivity contribution in [3.63, 3.8) is 0 Å². The van der Waals surface area contributed by atoms with Gasteiger partial charge in [-0.25, -0.2) is 0 Å². The van der Waals surface area contributed by atoms with Gasteiger partial charge in [-0.3, -0.25) is 4.90 Å². The average Bonchev–Trinajstić information content (AvgIpc) is 2.87. The van der Waals surface area contributed by atoms with E-state index in [2.05, 4.69) is 66.5 Å². The van der Waals surface area contributed by atoms with Crippen LogP contribution in [0.1, 0.15) is 43.7 Å². The zero-order chi connectivity index (χ0) is 24.6. The molecule has 0 radical (unpaired) electrons. The second-order valence-electron chi connectivity index (χ2n) is 8.70. The first kappa shape index (κ1) is 26.9. The number of hydrogen-bond donors (Lipinski definition) is 0. The molecule has 0 aromatic heterocycles. The standard InChI is InChI=1S/C27H39NO4S2/c1-20(22-11-13-24(30-4)26(18-22)32-6)19-28(27(2)33-15-8-16-34-27)14-7-9-21-10-12-23(29-3)25(17-21)31-5/h10-13,17-18,20H,7-9,14-16,19H2,1-6H3. The first-order valence-corrected chi connectivity index (χ1v) is 13.9. The molecular weight excluding hydrogens is 466 g/mol. The number of rotatable bonds is 12. The van der Waals surface area contributed by atoms with Gasteiger partial charge in [0.2, 0.25) is 0 Å². The predicted molar refractivity (Wildman–Crippen MR) is 145 cm³/mol. The molecule has 7 heteroatoms. The summed E-state index contributed by atoms with van der Waals surface area (Å²) in [6.07, 6.45) is 3.38. The maximum Gasteiger partial charge on any atom is 0.160 e. The lowest BCUT2D eigenvalue weighted by molar-refractivity contribution is 0.230. The van der Waals surface area contributed by atoms with E-state index < -0.39 is 0 Å². The third kappa shape index (κ3) is 6.70. The van der Waals surface area contributed by atoms with Crippen LogP contribution in [0.5, 0.6) is 23.0 Å².